The smallest absolute Gasteiger partial charge is 0.372 e. The number of aromatic amines is 1. The number of carboxylic acid groups (broad SMARTS) is 1. The molecule has 2 aromatic rings. The molecular formula is C8H5BrN2O3S. The van der Waals surface area contributed by atoms with Crippen LogP contribution in [-0.4, -0.2) is 21.0 Å². The summed E-state index contributed by atoms with van der Waals surface area (Å²) < 4.78 is 0.790. The predicted octanol–water partition coefficient (Wildman–Crippen LogP) is 1.75. The minimum absolute atomic E-state index is 0.332. The highest BCUT2D eigenvalue weighted by atomic mass is 79.9. The van der Waals surface area contributed by atoms with E-state index in [1.807, 2.05) is 0 Å². The lowest BCUT2D eigenvalue weighted by Crippen LogP contribution is -2.15. The number of rotatable bonds is 1. The average molecular weight is 289 g/mol. The molecular weight excluding hydrogens is 284 g/mol. The van der Waals surface area contributed by atoms with Gasteiger partial charge in [-0.2, -0.15) is 0 Å². The van der Waals surface area contributed by atoms with Gasteiger partial charge >= 0.3 is 5.97 Å². The number of halogens is 1. The van der Waals surface area contributed by atoms with E-state index in [2.05, 4.69) is 25.9 Å². The Morgan fingerprint density at radius 2 is 2.27 bits per heavy atom. The summed E-state index contributed by atoms with van der Waals surface area (Å²) in [6.45, 7) is 1.78. The maximum Gasteiger partial charge on any atom is 0.372 e. The number of aromatic nitrogens is 2. The summed E-state index contributed by atoms with van der Waals surface area (Å²) in [5.41, 5.74) is 0.359. The van der Waals surface area contributed by atoms with Gasteiger partial charge in [0, 0.05) is 0 Å². The summed E-state index contributed by atoms with van der Waals surface area (Å²) in [6.07, 6.45) is 0. The Morgan fingerprint density at radius 3 is 2.87 bits per heavy atom. The highest BCUT2D eigenvalue weighted by Gasteiger charge is 2.15. The van der Waals surface area contributed by atoms with Gasteiger partial charge in [-0.25, -0.2) is 9.78 Å². The summed E-state index contributed by atoms with van der Waals surface area (Å²) in [7, 11) is 0. The number of H-pyrrole nitrogens is 1. The molecule has 0 unspecified atom stereocenters. The molecule has 0 spiro atoms. The fourth-order valence-electron chi connectivity index (χ4n) is 1.22. The molecule has 2 rings (SSSR count). The third kappa shape index (κ3) is 1.57. The Hall–Kier alpha value is -1.21. The molecule has 0 saturated carbocycles. The average Bonchev–Trinajstić information content (AvgIpc) is 2.42. The second kappa shape index (κ2) is 3.42. The number of hydrogen-bond donors (Lipinski definition) is 2. The minimum atomic E-state index is -1.24. The molecule has 0 aromatic carbocycles. The number of nitrogens with one attached hydrogen (secondary N) is 1. The van der Waals surface area contributed by atoms with Gasteiger partial charge in [-0.1, -0.05) is 0 Å². The Bertz CT molecular complexity index is 616. The van der Waals surface area contributed by atoms with Gasteiger partial charge in [0.05, 0.1) is 9.17 Å². The molecule has 15 heavy (non-hydrogen) atoms. The van der Waals surface area contributed by atoms with Crippen molar-refractivity contribution in [3.63, 3.8) is 0 Å². The van der Waals surface area contributed by atoms with E-state index in [9.17, 15) is 9.59 Å². The van der Waals surface area contributed by atoms with Crippen LogP contribution in [-0.2, 0) is 0 Å². The lowest BCUT2D eigenvalue weighted by Gasteiger charge is -1.93. The maximum absolute atomic E-state index is 11.6. The molecule has 0 aliphatic rings. The largest absolute Gasteiger partial charge is 0.475 e. The van der Waals surface area contributed by atoms with Crippen LogP contribution in [0.4, 0.5) is 0 Å². The van der Waals surface area contributed by atoms with Crippen LogP contribution >= 0.6 is 27.3 Å². The SMILES string of the molecule is Cc1c(Br)sc2nc(C(=O)O)[nH]c(=O)c12. The molecule has 7 heteroatoms. The van der Waals surface area contributed by atoms with Crippen molar-refractivity contribution in [3.05, 3.63) is 25.5 Å². The lowest BCUT2D eigenvalue weighted by molar-refractivity contribution is 0.0683. The second-order valence-electron chi connectivity index (χ2n) is 2.90. The van der Waals surface area contributed by atoms with Crippen LogP contribution in [0.1, 0.15) is 16.2 Å². The quantitative estimate of drug-likeness (QED) is 0.837. The van der Waals surface area contributed by atoms with Crippen molar-refractivity contribution >= 4 is 43.5 Å². The fourth-order valence-corrected chi connectivity index (χ4v) is 2.79. The monoisotopic (exact) mass is 288 g/mol. The van der Waals surface area contributed by atoms with Gasteiger partial charge in [0.2, 0.25) is 5.82 Å². The highest BCUT2D eigenvalue weighted by molar-refractivity contribution is 9.11. The van der Waals surface area contributed by atoms with Gasteiger partial charge in [-0.3, -0.25) is 4.79 Å². The first-order chi connectivity index (χ1) is 7.00. The standard InChI is InChI=1S/C8H5BrN2O3S/c1-2-3-6(12)10-5(8(13)14)11-7(3)15-4(2)9/h1H3,(H,13,14)(H,10,11,12). The number of thiophene rings is 1. The normalized spacial score (nSPS) is 10.8. The molecule has 5 nitrogen and oxygen atoms in total. The number of aryl methyl sites for hydroxylation is 1. The van der Waals surface area contributed by atoms with E-state index in [0.29, 0.717) is 10.2 Å². The molecule has 0 fully saturated rings. The third-order valence-corrected chi connectivity index (χ3v) is 4.00. The van der Waals surface area contributed by atoms with Crippen LogP contribution in [0.5, 0.6) is 0 Å². The zero-order valence-electron chi connectivity index (χ0n) is 7.50. The lowest BCUT2D eigenvalue weighted by atomic mass is 10.3. The summed E-state index contributed by atoms with van der Waals surface area (Å²) in [5.74, 6) is -1.57. The molecule has 0 amide bonds. The number of fused-ring (bicyclic) bond motifs is 1. The van der Waals surface area contributed by atoms with Crippen LogP contribution in [0.3, 0.4) is 0 Å². The number of nitrogens with zero attached hydrogens (tertiary/aromatic N) is 1. The maximum atomic E-state index is 11.6. The highest BCUT2D eigenvalue weighted by Crippen LogP contribution is 2.31. The van der Waals surface area contributed by atoms with Gasteiger partial charge in [0.15, 0.2) is 0 Å². The zero-order valence-corrected chi connectivity index (χ0v) is 9.90. The van der Waals surface area contributed by atoms with E-state index in [1.165, 1.54) is 11.3 Å². The zero-order chi connectivity index (χ0) is 11.2. The molecule has 0 radical (unpaired) electrons. The van der Waals surface area contributed by atoms with Crippen molar-refractivity contribution in [3.8, 4) is 0 Å². The predicted molar refractivity (Wildman–Crippen MR) is 59.6 cm³/mol. The molecule has 2 aromatic heterocycles. The van der Waals surface area contributed by atoms with E-state index in [4.69, 9.17) is 5.11 Å². The molecule has 0 bridgehead atoms. The van der Waals surface area contributed by atoms with E-state index in [1.54, 1.807) is 6.92 Å². The van der Waals surface area contributed by atoms with Crippen molar-refractivity contribution < 1.29 is 9.90 Å². The Labute approximate surface area is 95.9 Å². The van der Waals surface area contributed by atoms with Crippen molar-refractivity contribution in [2.45, 2.75) is 6.92 Å². The molecule has 0 aliphatic heterocycles. The third-order valence-electron chi connectivity index (χ3n) is 1.94. The van der Waals surface area contributed by atoms with Crippen LogP contribution in [0, 0.1) is 6.92 Å². The van der Waals surface area contributed by atoms with Crippen LogP contribution < -0.4 is 5.56 Å². The summed E-state index contributed by atoms with van der Waals surface area (Å²) in [4.78, 5) is 28.7. The summed E-state index contributed by atoms with van der Waals surface area (Å²) >= 11 is 4.53. The van der Waals surface area contributed by atoms with E-state index >= 15 is 0 Å². The number of aromatic carboxylic acids is 1. The number of carbonyl (C=O) groups is 1. The molecule has 0 saturated heterocycles. The first-order valence-electron chi connectivity index (χ1n) is 3.93. The van der Waals surface area contributed by atoms with E-state index in [-0.39, 0.29) is 5.82 Å². The molecule has 2 N–H and O–H groups in total. The topological polar surface area (TPSA) is 83.0 Å². The van der Waals surface area contributed by atoms with Gasteiger partial charge in [0.1, 0.15) is 4.83 Å². The van der Waals surface area contributed by atoms with Gasteiger partial charge < -0.3 is 10.1 Å². The van der Waals surface area contributed by atoms with Crippen LogP contribution in [0.2, 0.25) is 0 Å². The number of hydrogen-bond acceptors (Lipinski definition) is 4. The molecule has 0 atom stereocenters. The van der Waals surface area contributed by atoms with E-state index in [0.717, 1.165) is 9.35 Å². The minimum Gasteiger partial charge on any atom is -0.475 e. The van der Waals surface area contributed by atoms with Crippen molar-refractivity contribution in [1.82, 2.24) is 9.97 Å². The Kier molecular flexibility index (Phi) is 2.35. The summed E-state index contributed by atoms with van der Waals surface area (Å²) in [5, 5.41) is 9.15. The van der Waals surface area contributed by atoms with Crippen molar-refractivity contribution in [2.75, 3.05) is 0 Å². The second-order valence-corrected chi connectivity index (χ2v) is 5.22. The van der Waals surface area contributed by atoms with Crippen LogP contribution in [0.25, 0.3) is 10.2 Å². The van der Waals surface area contributed by atoms with Gasteiger partial charge in [-0.15, -0.1) is 11.3 Å². The number of carboxylic acids is 1. The Balaban J connectivity index is 2.90. The fraction of sp³-hybridized carbons (Fsp3) is 0.125. The van der Waals surface area contributed by atoms with Crippen molar-refractivity contribution in [2.24, 2.45) is 0 Å². The van der Waals surface area contributed by atoms with Crippen molar-refractivity contribution in [1.29, 1.82) is 0 Å². The molecule has 78 valence electrons. The summed E-state index contributed by atoms with van der Waals surface area (Å²) in [6, 6.07) is 0. The van der Waals surface area contributed by atoms with Crippen LogP contribution in [0.15, 0.2) is 8.58 Å². The molecule has 0 aliphatic carbocycles. The van der Waals surface area contributed by atoms with E-state index < -0.39 is 11.5 Å². The molecule has 2 heterocycles. The first-order valence-corrected chi connectivity index (χ1v) is 5.54. The Morgan fingerprint density at radius 1 is 1.60 bits per heavy atom. The first kappa shape index (κ1) is 10.3. The van der Waals surface area contributed by atoms with Gasteiger partial charge in [0.25, 0.3) is 5.56 Å². The van der Waals surface area contributed by atoms with Gasteiger partial charge in [-0.05, 0) is 28.4 Å².